The minimum absolute atomic E-state index is 0.480. The van der Waals surface area contributed by atoms with Crippen LogP contribution < -0.4 is 0 Å². The van der Waals surface area contributed by atoms with Gasteiger partial charge in [0, 0.05) is 9.13 Å². The molecule has 0 atom stereocenters. The number of rotatable bonds is 1. The van der Waals surface area contributed by atoms with Crippen LogP contribution in [-0.4, -0.2) is 10.2 Å². The van der Waals surface area contributed by atoms with Gasteiger partial charge in [-0.25, -0.2) is 0 Å². The highest BCUT2D eigenvalue weighted by molar-refractivity contribution is 14.1. The van der Waals surface area contributed by atoms with E-state index in [-0.39, 0.29) is 0 Å². The van der Waals surface area contributed by atoms with E-state index in [1.54, 1.807) is 0 Å². The van der Waals surface area contributed by atoms with Gasteiger partial charge in [-0.2, -0.15) is 0 Å². The van der Waals surface area contributed by atoms with E-state index in [0.29, 0.717) is 4.47 Å². The molecule has 1 aromatic carbocycles. The summed E-state index contributed by atoms with van der Waals surface area (Å²) in [6.45, 7) is 0. The lowest BCUT2D eigenvalue weighted by molar-refractivity contribution is 1.10. The molecule has 1 heterocycles. The van der Waals surface area contributed by atoms with Gasteiger partial charge < -0.3 is 0 Å². The maximum Gasteiger partial charge on any atom is 0.207 e. The third-order valence-corrected chi connectivity index (χ3v) is 3.21. The molecule has 0 bridgehead atoms. The van der Waals surface area contributed by atoms with Crippen molar-refractivity contribution in [3.8, 4) is 10.6 Å². The first-order chi connectivity index (χ1) is 6.25. The van der Waals surface area contributed by atoms with Crippen LogP contribution in [0.1, 0.15) is 0 Å². The summed E-state index contributed by atoms with van der Waals surface area (Å²) in [6, 6.07) is 8.08. The summed E-state index contributed by atoms with van der Waals surface area (Å²) in [5.74, 6) is 0. The van der Waals surface area contributed by atoms with Gasteiger partial charge >= 0.3 is 0 Å². The molecule has 0 radical (unpaired) electrons. The van der Waals surface area contributed by atoms with Crippen molar-refractivity contribution in [2.75, 3.05) is 0 Å². The Labute approximate surface area is 98.1 Å². The second-order valence-corrected chi connectivity index (χ2v) is 5.18. The van der Waals surface area contributed by atoms with Gasteiger partial charge in [0.15, 0.2) is 0 Å². The zero-order valence-electron chi connectivity index (χ0n) is 6.37. The molecular formula is C8H4ClIN2S. The Morgan fingerprint density at radius 3 is 2.77 bits per heavy atom. The highest BCUT2D eigenvalue weighted by Crippen LogP contribution is 2.26. The van der Waals surface area contributed by atoms with E-state index in [1.165, 1.54) is 14.9 Å². The van der Waals surface area contributed by atoms with Crippen LogP contribution in [0.3, 0.4) is 0 Å². The standard InChI is InChI=1S/C8H4ClIN2S/c9-8-12-11-7(13-8)5-2-1-3-6(10)4-5/h1-4H. The zero-order valence-corrected chi connectivity index (χ0v) is 10.1. The second kappa shape index (κ2) is 3.89. The monoisotopic (exact) mass is 322 g/mol. The van der Waals surface area contributed by atoms with Crippen molar-refractivity contribution in [3.05, 3.63) is 32.3 Å². The van der Waals surface area contributed by atoms with Crippen LogP contribution in [-0.2, 0) is 0 Å². The van der Waals surface area contributed by atoms with E-state index in [0.717, 1.165) is 10.6 Å². The van der Waals surface area contributed by atoms with Crippen LogP contribution in [0.4, 0.5) is 0 Å². The third-order valence-electron chi connectivity index (χ3n) is 1.47. The SMILES string of the molecule is Clc1nnc(-c2cccc(I)c2)s1. The summed E-state index contributed by atoms with van der Waals surface area (Å²) in [6.07, 6.45) is 0. The molecule has 0 spiro atoms. The first-order valence-electron chi connectivity index (χ1n) is 3.50. The van der Waals surface area contributed by atoms with Gasteiger partial charge in [-0.3, -0.25) is 0 Å². The number of halogens is 2. The van der Waals surface area contributed by atoms with Gasteiger partial charge in [-0.1, -0.05) is 23.5 Å². The summed E-state index contributed by atoms with van der Waals surface area (Å²) in [5, 5.41) is 8.58. The summed E-state index contributed by atoms with van der Waals surface area (Å²) >= 11 is 9.34. The Kier molecular flexibility index (Phi) is 2.80. The van der Waals surface area contributed by atoms with Gasteiger partial charge in [0.1, 0.15) is 5.01 Å². The maximum absolute atomic E-state index is 5.69. The first kappa shape index (κ1) is 9.36. The van der Waals surface area contributed by atoms with Crippen molar-refractivity contribution >= 4 is 45.5 Å². The Bertz CT molecular complexity index is 430. The maximum atomic E-state index is 5.69. The lowest BCUT2D eigenvalue weighted by Crippen LogP contribution is -1.77. The fourth-order valence-corrected chi connectivity index (χ4v) is 2.31. The average molecular weight is 323 g/mol. The lowest BCUT2D eigenvalue weighted by atomic mass is 10.2. The molecule has 0 aliphatic rings. The Hall–Kier alpha value is -0.200. The molecule has 2 aromatic rings. The Morgan fingerprint density at radius 1 is 1.31 bits per heavy atom. The quantitative estimate of drug-likeness (QED) is 0.751. The van der Waals surface area contributed by atoms with Crippen LogP contribution in [0.25, 0.3) is 10.6 Å². The molecule has 0 fully saturated rings. The molecule has 2 rings (SSSR count). The van der Waals surface area contributed by atoms with Gasteiger partial charge in [0.25, 0.3) is 0 Å². The van der Waals surface area contributed by atoms with Crippen LogP contribution in [0.5, 0.6) is 0 Å². The zero-order chi connectivity index (χ0) is 9.26. The van der Waals surface area contributed by atoms with Gasteiger partial charge in [-0.05, 0) is 46.3 Å². The lowest BCUT2D eigenvalue weighted by Gasteiger charge is -1.94. The van der Waals surface area contributed by atoms with Crippen LogP contribution >= 0.6 is 45.5 Å². The van der Waals surface area contributed by atoms with E-state index in [4.69, 9.17) is 11.6 Å². The van der Waals surface area contributed by atoms with Crippen LogP contribution in [0, 0.1) is 3.57 Å². The molecule has 1 aromatic heterocycles. The van der Waals surface area contributed by atoms with Gasteiger partial charge in [0.2, 0.25) is 4.47 Å². The van der Waals surface area contributed by atoms with Crippen molar-refractivity contribution in [1.29, 1.82) is 0 Å². The molecule has 0 aliphatic carbocycles. The Morgan fingerprint density at radius 2 is 2.15 bits per heavy atom. The normalized spacial score (nSPS) is 10.3. The summed E-state index contributed by atoms with van der Waals surface area (Å²) < 4.78 is 1.66. The van der Waals surface area contributed by atoms with Crippen molar-refractivity contribution in [3.63, 3.8) is 0 Å². The molecule has 0 unspecified atom stereocenters. The Balaban J connectivity index is 2.46. The van der Waals surface area contributed by atoms with Crippen LogP contribution in [0.15, 0.2) is 24.3 Å². The molecule has 0 N–H and O–H groups in total. The average Bonchev–Trinajstić information content (AvgIpc) is 2.52. The molecular weight excluding hydrogens is 319 g/mol. The largest absolute Gasteiger partial charge is 0.207 e. The highest BCUT2D eigenvalue weighted by atomic mass is 127. The van der Waals surface area contributed by atoms with Crippen molar-refractivity contribution in [2.24, 2.45) is 0 Å². The molecule has 0 saturated heterocycles. The smallest absolute Gasteiger partial charge is 0.137 e. The molecule has 13 heavy (non-hydrogen) atoms. The van der Waals surface area contributed by atoms with E-state index < -0.39 is 0 Å². The predicted octanol–water partition coefficient (Wildman–Crippen LogP) is 3.46. The summed E-state index contributed by atoms with van der Waals surface area (Å²) in [4.78, 5) is 0. The fourth-order valence-electron chi connectivity index (χ4n) is 0.943. The number of hydrogen-bond acceptors (Lipinski definition) is 3. The molecule has 66 valence electrons. The second-order valence-electron chi connectivity index (χ2n) is 2.37. The molecule has 0 aliphatic heterocycles. The summed E-state index contributed by atoms with van der Waals surface area (Å²) in [7, 11) is 0. The molecule has 0 amide bonds. The first-order valence-corrected chi connectivity index (χ1v) is 5.78. The van der Waals surface area contributed by atoms with Crippen molar-refractivity contribution in [1.82, 2.24) is 10.2 Å². The minimum atomic E-state index is 0.480. The van der Waals surface area contributed by atoms with Gasteiger partial charge in [-0.15, -0.1) is 10.2 Å². The topological polar surface area (TPSA) is 25.8 Å². The number of hydrogen-bond donors (Lipinski definition) is 0. The highest BCUT2D eigenvalue weighted by Gasteiger charge is 2.04. The number of aromatic nitrogens is 2. The molecule has 5 heteroatoms. The summed E-state index contributed by atoms with van der Waals surface area (Å²) in [5.41, 5.74) is 1.07. The van der Waals surface area contributed by atoms with Crippen LogP contribution in [0.2, 0.25) is 4.47 Å². The van der Waals surface area contributed by atoms with Crippen molar-refractivity contribution in [2.45, 2.75) is 0 Å². The van der Waals surface area contributed by atoms with Crippen molar-refractivity contribution < 1.29 is 0 Å². The van der Waals surface area contributed by atoms with E-state index in [2.05, 4.69) is 38.9 Å². The van der Waals surface area contributed by atoms with Gasteiger partial charge in [0.05, 0.1) is 0 Å². The van der Waals surface area contributed by atoms with E-state index >= 15 is 0 Å². The van der Waals surface area contributed by atoms with E-state index in [9.17, 15) is 0 Å². The van der Waals surface area contributed by atoms with E-state index in [1.807, 2.05) is 18.2 Å². The minimum Gasteiger partial charge on any atom is -0.137 e. The number of nitrogens with zero attached hydrogens (tertiary/aromatic N) is 2. The number of benzene rings is 1. The predicted molar refractivity (Wildman–Crippen MR) is 63.1 cm³/mol. The third kappa shape index (κ3) is 2.18. The fraction of sp³-hybridized carbons (Fsp3) is 0. The molecule has 2 nitrogen and oxygen atoms in total. The molecule has 0 saturated carbocycles.